The normalized spacial score (nSPS) is 14.6. The second-order valence-electron chi connectivity index (χ2n) is 8.19. The van der Waals surface area contributed by atoms with Gasteiger partial charge in [-0.05, 0) is 49.1 Å². The van der Waals surface area contributed by atoms with Crippen LogP contribution >= 0.6 is 8.60 Å². The van der Waals surface area contributed by atoms with Crippen molar-refractivity contribution in [1.82, 2.24) is 0 Å². The third-order valence-electron chi connectivity index (χ3n) is 5.83. The molecule has 2 atom stereocenters. The van der Waals surface area contributed by atoms with E-state index in [4.69, 9.17) is 4.52 Å². The summed E-state index contributed by atoms with van der Waals surface area (Å²) in [6.07, 6.45) is 0.679. The highest BCUT2D eigenvalue weighted by Crippen LogP contribution is 2.48. The number of hydrogen-bond acceptors (Lipinski definition) is 3. The van der Waals surface area contributed by atoms with E-state index in [1.54, 1.807) is 0 Å². The molecule has 0 aromatic heterocycles. The predicted molar refractivity (Wildman–Crippen MR) is 113 cm³/mol. The quantitative estimate of drug-likeness (QED) is 0.538. The standard InChI is InChI=1S/C23H33O3P/c1-16(2)20(6)19(5)15-23(26-27(24)25,21-11-7-17(3)8-12-21)22-13-9-18(4)10-14-22/h7-14,16,19-20,24-25H,15H2,1-6H3. The van der Waals surface area contributed by atoms with Crippen LogP contribution in [0.5, 0.6) is 0 Å². The summed E-state index contributed by atoms with van der Waals surface area (Å²) in [7, 11) is -2.52. The molecular formula is C23H33O3P. The average Bonchev–Trinajstić information content (AvgIpc) is 2.61. The molecule has 0 spiro atoms. The van der Waals surface area contributed by atoms with Crippen molar-refractivity contribution in [2.24, 2.45) is 17.8 Å². The Morgan fingerprint density at radius 1 is 0.815 bits per heavy atom. The summed E-state index contributed by atoms with van der Waals surface area (Å²) in [6, 6.07) is 16.4. The molecule has 2 unspecified atom stereocenters. The fourth-order valence-electron chi connectivity index (χ4n) is 3.63. The summed E-state index contributed by atoms with van der Waals surface area (Å²) in [5, 5.41) is 0. The first-order valence-electron chi connectivity index (χ1n) is 9.67. The third kappa shape index (κ3) is 5.39. The van der Waals surface area contributed by atoms with Gasteiger partial charge in [-0.15, -0.1) is 0 Å². The Morgan fingerprint density at radius 2 is 1.22 bits per heavy atom. The van der Waals surface area contributed by atoms with Crippen LogP contribution in [-0.2, 0) is 10.1 Å². The predicted octanol–water partition coefficient (Wildman–Crippen LogP) is 6.09. The van der Waals surface area contributed by atoms with E-state index in [-0.39, 0.29) is 0 Å². The van der Waals surface area contributed by atoms with E-state index >= 15 is 0 Å². The van der Waals surface area contributed by atoms with Crippen molar-refractivity contribution in [3.05, 3.63) is 70.8 Å². The number of rotatable bonds is 8. The maximum Gasteiger partial charge on any atom is 0.328 e. The van der Waals surface area contributed by atoms with Crippen LogP contribution in [0.1, 0.15) is 56.4 Å². The summed E-state index contributed by atoms with van der Waals surface area (Å²) in [6.45, 7) is 13.0. The molecule has 0 saturated heterocycles. The van der Waals surface area contributed by atoms with Crippen molar-refractivity contribution in [3.8, 4) is 0 Å². The van der Waals surface area contributed by atoms with Crippen molar-refractivity contribution in [3.63, 3.8) is 0 Å². The fraction of sp³-hybridized carbons (Fsp3) is 0.478. The Bertz CT molecular complexity index is 662. The van der Waals surface area contributed by atoms with Crippen molar-refractivity contribution < 1.29 is 14.3 Å². The molecule has 0 aliphatic rings. The molecule has 4 heteroatoms. The van der Waals surface area contributed by atoms with Crippen LogP contribution in [-0.4, -0.2) is 9.79 Å². The minimum atomic E-state index is -2.52. The molecule has 0 bridgehead atoms. The van der Waals surface area contributed by atoms with Crippen molar-refractivity contribution in [2.45, 2.75) is 53.6 Å². The maximum atomic E-state index is 9.88. The van der Waals surface area contributed by atoms with E-state index in [1.807, 2.05) is 38.1 Å². The van der Waals surface area contributed by atoms with E-state index in [9.17, 15) is 9.79 Å². The largest absolute Gasteiger partial charge is 0.328 e. The first-order valence-corrected chi connectivity index (χ1v) is 10.8. The zero-order valence-corrected chi connectivity index (χ0v) is 18.2. The average molecular weight is 388 g/mol. The SMILES string of the molecule is Cc1ccc(C(CC(C)C(C)C(C)C)(OP(O)O)c2ccc(C)cc2)cc1. The van der Waals surface area contributed by atoms with Crippen molar-refractivity contribution in [2.75, 3.05) is 0 Å². The van der Waals surface area contributed by atoms with Gasteiger partial charge in [0, 0.05) is 0 Å². The molecule has 0 aliphatic carbocycles. The summed E-state index contributed by atoms with van der Waals surface area (Å²) in [5.74, 6) is 1.36. The van der Waals surface area contributed by atoms with E-state index in [2.05, 4.69) is 52.0 Å². The van der Waals surface area contributed by atoms with E-state index < -0.39 is 14.2 Å². The van der Waals surface area contributed by atoms with Gasteiger partial charge in [-0.2, -0.15) is 0 Å². The first kappa shape index (κ1) is 22.0. The highest BCUT2D eigenvalue weighted by molar-refractivity contribution is 7.39. The number of benzene rings is 2. The third-order valence-corrected chi connectivity index (χ3v) is 6.31. The van der Waals surface area contributed by atoms with Crippen LogP contribution in [0, 0.1) is 31.6 Å². The van der Waals surface area contributed by atoms with Crippen molar-refractivity contribution >= 4 is 8.60 Å². The lowest BCUT2D eigenvalue weighted by atomic mass is 9.74. The zero-order valence-electron chi connectivity index (χ0n) is 17.3. The monoisotopic (exact) mass is 388 g/mol. The zero-order chi connectivity index (χ0) is 20.2. The van der Waals surface area contributed by atoms with Crippen LogP contribution < -0.4 is 0 Å². The van der Waals surface area contributed by atoms with Crippen molar-refractivity contribution in [1.29, 1.82) is 0 Å². The molecule has 27 heavy (non-hydrogen) atoms. The maximum absolute atomic E-state index is 9.88. The molecule has 0 heterocycles. The lowest BCUT2D eigenvalue weighted by Gasteiger charge is -2.39. The summed E-state index contributed by atoms with van der Waals surface area (Å²) < 4.78 is 5.97. The second kappa shape index (κ2) is 9.30. The summed E-state index contributed by atoms with van der Waals surface area (Å²) in [4.78, 5) is 19.8. The van der Waals surface area contributed by atoms with Gasteiger partial charge in [-0.25, -0.2) is 0 Å². The van der Waals surface area contributed by atoms with Gasteiger partial charge in [0.1, 0.15) is 5.60 Å². The molecule has 0 saturated carbocycles. The first-order chi connectivity index (χ1) is 12.7. The number of hydrogen-bond donors (Lipinski definition) is 2. The Balaban J connectivity index is 2.61. The number of aryl methyl sites for hydroxylation is 2. The highest BCUT2D eigenvalue weighted by Gasteiger charge is 2.40. The molecular weight excluding hydrogens is 355 g/mol. The van der Waals surface area contributed by atoms with Gasteiger partial charge >= 0.3 is 8.60 Å². The molecule has 2 rings (SSSR count). The fourth-order valence-corrected chi connectivity index (χ4v) is 4.19. The topological polar surface area (TPSA) is 49.7 Å². The summed E-state index contributed by atoms with van der Waals surface area (Å²) >= 11 is 0. The minimum absolute atomic E-state index is 0.336. The molecule has 0 aliphatic heterocycles. The molecule has 0 amide bonds. The van der Waals surface area contributed by atoms with E-state index in [0.29, 0.717) is 24.2 Å². The van der Waals surface area contributed by atoms with Gasteiger partial charge in [0.15, 0.2) is 0 Å². The Kier molecular flexibility index (Phi) is 7.59. The van der Waals surface area contributed by atoms with Crippen LogP contribution in [0.25, 0.3) is 0 Å². The van der Waals surface area contributed by atoms with Gasteiger partial charge in [0.25, 0.3) is 0 Å². The Morgan fingerprint density at radius 3 is 1.56 bits per heavy atom. The lowest BCUT2D eigenvalue weighted by Crippen LogP contribution is -2.34. The van der Waals surface area contributed by atoms with Crippen LogP contribution in [0.4, 0.5) is 0 Å². The van der Waals surface area contributed by atoms with Crippen LogP contribution in [0.3, 0.4) is 0 Å². The van der Waals surface area contributed by atoms with Crippen LogP contribution in [0.15, 0.2) is 48.5 Å². The van der Waals surface area contributed by atoms with Gasteiger partial charge in [0.05, 0.1) is 0 Å². The van der Waals surface area contributed by atoms with Gasteiger partial charge < -0.3 is 9.79 Å². The molecule has 2 N–H and O–H groups in total. The molecule has 2 aromatic rings. The van der Waals surface area contributed by atoms with Crippen LogP contribution in [0.2, 0.25) is 0 Å². The molecule has 148 valence electrons. The van der Waals surface area contributed by atoms with E-state index in [1.165, 1.54) is 0 Å². The Hall–Kier alpha value is -1.25. The lowest BCUT2D eigenvalue weighted by molar-refractivity contribution is 0.0533. The Labute approximate surface area is 165 Å². The van der Waals surface area contributed by atoms with Gasteiger partial charge in [-0.3, -0.25) is 4.52 Å². The smallest absolute Gasteiger partial charge is 0.328 e. The second-order valence-corrected chi connectivity index (χ2v) is 8.88. The van der Waals surface area contributed by atoms with Gasteiger partial charge in [0.2, 0.25) is 0 Å². The molecule has 3 nitrogen and oxygen atoms in total. The molecule has 0 fully saturated rings. The van der Waals surface area contributed by atoms with Gasteiger partial charge in [-0.1, -0.05) is 87.4 Å². The minimum Gasteiger partial charge on any atom is -0.328 e. The molecule has 2 aromatic carbocycles. The summed E-state index contributed by atoms with van der Waals surface area (Å²) in [5.41, 5.74) is 3.34. The highest BCUT2D eigenvalue weighted by atomic mass is 31.2. The van der Waals surface area contributed by atoms with E-state index in [0.717, 1.165) is 22.3 Å². The molecule has 0 radical (unpaired) electrons.